The number of aromatic amines is 1. The first-order chi connectivity index (χ1) is 15.8. The average Bonchev–Trinajstić information content (AvgIpc) is 3.62. The smallest absolute Gasteiger partial charge is 0.141 e. The quantitative estimate of drug-likeness (QED) is 0.434. The molecule has 5 aromatic heterocycles. The summed E-state index contributed by atoms with van der Waals surface area (Å²) in [5, 5.41) is 18.4. The van der Waals surface area contributed by atoms with Crippen LogP contribution in [0, 0.1) is 17.2 Å². The normalized spacial score (nSPS) is 17.2. The topological polar surface area (TPSA) is 99.3 Å². The highest BCUT2D eigenvalue weighted by Gasteiger charge is 2.32. The average molecular weight is 441 g/mol. The maximum atomic E-state index is 9.53. The third-order valence-corrected chi connectivity index (χ3v) is 7.09. The predicted octanol–water partition coefficient (Wildman–Crippen LogP) is 4.41. The van der Waals surface area contributed by atoms with Gasteiger partial charge in [0.05, 0.1) is 30.4 Å². The summed E-state index contributed by atoms with van der Waals surface area (Å²) in [7, 11) is 0. The van der Waals surface area contributed by atoms with Gasteiger partial charge in [0.1, 0.15) is 22.6 Å². The first-order valence-corrected chi connectivity index (χ1v) is 11.5. The van der Waals surface area contributed by atoms with Crippen LogP contribution in [0.1, 0.15) is 18.9 Å². The second kappa shape index (κ2) is 7.73. The highest BCUT2D eigenvalue weighted by Crippen LogP contribution is 2.34. The van der Waals surface area contributed by atoms with Gasteiger partial charge in [-0.3, -0.25) is 4.68 Å². The number of nitrogens with one attached hydrogen (secondary N) is 1. The fraction of sp³-hybridized carbons (Fsp3) is 0.261. The summed E-state index contributed by atoms with van der Waals surface area (Å²) in [4.78, 5) is 20.1. The van der Waals surface area contributed by atoms with E-state index in [0.717, 1.165) is 52.4 Å². The number of nitrogens with zero attached hydrogens (tertiary/aromatic N) is 7. The van der Waals surface area contributed by atoms with Gasteiger partial charge in [-0.2, -0.15) is 10.4 Å². The largest absolute Gasteiger partial charge is 0.356 e. The van der Waals surface area contributed by atoms with Crippen molar-refractivity contribution < 1.29 is 0 Å². The number of thiophene rings is 1. The van der Waals surface area contributed by atoms with Crippen molar-refractivity contribution in [3.8, 4) is 17.3 Å². The Morgan fingerprint density at radius 2 is 2.22 bits per heavy atom. The summed E-state index contributed by atoms with van der Waals surface area (Å²) < 4.78 is 1.95. The Kier molecular flexibility index (Phi) is 4.58. The third-order valence-electron chi connectivity index (χ3n) is 6.26. The SMILES string of the molecule is N#CCC(C1CCN(c2ccc3ccsc3n2)C1)n1cc(-c2ncnc3[nH]ccc23)cn1. The van der Waals surface area contributed by atoms with Crippen LogP contribution in [0.5, 0.6) is 0 Å². The van der Waals surface area contributed by atoms with Gasteiger partial charge < -0.3 is 9.88 Å². The Labute approximate surface area is 188 Å². The van der Waals surface area contributed by atoms with E-state index in [1.165, 1.54) is 5.39 Å². The van der Waals surface area contributed by atoms with Crippen LogP contribution in [0.2, 0.25) is 0 Å². The van der Waals surface area contributed by atoms with E-state index in [1.54, 1.807) is 17.7 Å². The molecule has 1 aliphatic heterocycles. The molecule has 1 saturated heterocycles. The molecule has 1 aliphatic rings. The van der Waals surface area contributed by atoms with Crippen molar-refractivity contribution in [3.05, 3.63) is 54.6 Å². The van der Waals surface area contributed by atoms with Gasteiger partial charge in [-0.15, -0.1) is 11.3 Å². The number of anilines is 1. The summed E-state index contributed by atoms with van der Waals surface area (Å²) in [6.07, 6.45) is 8.68. The molecule has 0 bridgehead atoms. The van der Waals surface area contributed by atoms with Gasteiger partial charge in [0, 0.05) is 47.7 Å². The van der Waals surface area contributed by atoms with Crippen molar-refractivity contribution in [1.29, 1.82) is 5.26 Å². The van der Waals surface area contributed by atoms with Crippen LogP contribution in [0.3, 0.4) is 0 Å². The first kappa shape index (κ1) is 19.0. The number of aromatic nitrogens is 6. The lowest BCUT2D eigenvalue weighted by atomic mass is 9.96. The minimum absolute atomic E-state index is 0.00720. The van der Waals surface area contributed by atoms with E-state index in [9.17, 15) is 5.26 Å². The molecule has 8 nitrogen and oxygen atoms in total. The summed E-state index contributed by atoms with van der Waals surface area (Å²) in [6.45, 7) is 1.79. The lowest BCUT2D eigenvalue weighted by molar-refractivity contribution is 0.332. The molecule has 1 fully saturated rings. The van der Waals surface area contributed by atoms with Crippen LogP contribution in [0.15, 0.2) is 54.6 Å². The Hall–Kier alpha value is -3.77. The van der Waals surface area contributed by atoms with Gasteiger partial charge >= 0.3 is 0 Å². The Morgan fingerprint density at radius 1 is 1.25 bits per heavy atom. The zero-order chi connectivity index (χ0) is 21.5. The standard InChI is InChI=1S/C23H20N8S/c24-7-3-19(16-5-9-30(12-16)20-2-1-15-6-10-32-23(15)29-20)31-13-17(11-28-31)21-18-4-8-25-22(18)27-14-26-21/h1-2,4,6,8,10-11,13-14,16,19H,3,5,9,12H2,(H,25,26,27). The molecule has 0 spiro atoms. The molecule has 0 radical (unpaired) electrons. The molecule has 5 aromatic rings. The molecule has 6 rings (SSSR count). The molecule has 158 valence electrons. The maximum Gasteiger partial charge on any atom is 0.141 e. The van der Waals surface area contributed by atoms with E-state index >= 15 is 0 Å². The monoisotopic (exact) mass is 440 g/mol. The summed E-state index contributed by atoms with van der Waals surface area (Å²) in [6, 6.07) is 10.7. The molecule has 6 heterocycles. The Bertz CT molecular complexity index is 1440. The van der Waals surface area contributed by atoms with E-state index < -0.39 is 0 Å². The second-order valence-electron chi connectivity index (χ2n) is 8.08. The molecule has 0 saturated carbocycles. The van der Waals surface area contributed by atoms with Crippen LogP contribution in [-0.4, -0.2) is 42.8 Å². The van der Waals surface area contributed by atoms with Crippen molar-refractivity contribution in [3.63, 3.8) is 0 Å². The first-order valence-electron chi connectivity index (χ1n) is 10.6. The number of fused-ring (bicyclic) bond motifs is 2. The fourth-order valence-corrected chi connectivity index (χ4v) is 5.40. The van der Waals surface area contributed by atoms with E-state index in [2.05, 4.69) is 54.6 Å². The van der Waals surface area contributed by atoms with Crippen LogP contribution in [0.4, 0.5) is 5.82 Å². The number of nitriles is 1. The number of hydrogen-bond donors (Lipinski definition) is 1. The Morgan fingerprint density at radius 3 is 3.16 bits per heavy atom. The highest BCUT2D eigenvalue weighted by atomic mass is 32.1. The molecule has 32 heavy (non-hydrogen) atoms. The third kappa shape index (κ3) is 3.20. The molecule has 0 aromatic carbocycles. The molecule has 1 N–H and O–H groups in total. The van der Waals surface area contributed by atoms with E-state index in [4.69, 9.17) is 4.98 Å². The van der Waals surface area contributed by atoms with Gasteiger partial charge in [0.15, 0.2) is 0 Å². The van der Waals surface area contributed by atoms with Gasteiger partial charge in [-0.05, 0) is 36.1 Å². The summed E-state index contributed by atoms with van der Waals surface area (Å²) >= 11 is 1.67. The minimum atomic E-state index is 0.00720. The molecular formula is C23H20N8S. The van der Waals surface area contributed by atoms with Crippen molar-refractivity contribution >= 4 is 38.4 Å². The number of H-pyrrole nitrogens is 1. The van der Waals surface area contributed by atoms with Gasteiger partial charge in [0.2, 0.25) is 0 Å². The molecule has 2 atom stereocenters. The van der Waals surface area contributed by atoms with Gasteiger partial charge in [-0.25, -0.2) is 15.0 Å². The number of rotatable bonds is 5. The molecule has 9 heteroatoms. The van der Waals surface area contributed by atoms with Crippen molar-refractivity contribution in [2.75, 3.05) is 18.0 Å². The lowest BCUT2D eigenvalue weighted by Gasteiger charge is -2.23. The Balaban J connectivity index is 1.27. The highest BCUT2D eigenvalue weighted by molar-refractivity contribution is 7.16. The van der Waals surface area contributed by atoms with Gasteiger partial charge in [0.25, 0.3) is 0 Å². The van der Waals surface area contributed by atoms with Crippen molar-refractivity contribution in [1.82, 2.24) is 29.7 Å². The van der Waals surface area contributed by atoms with Crippen LogP contribution in [-0.2, 0) is 0 Å². The second-order valence-corrected chi connectivity index (χ2v) is 8.97. The number of hydrogen-bond acceptors (Lipinski definition) is 7. The summed E-state index contributed by atoms with van der Waals surface area (Å²) in [5.41, 5.74) is 2.58. The van der Waals surface area contributed by atoms with Crippen LogP contribution >= 0.6 is 11.3 Å². The molecular weight excluding hydrogens is 420 g/mol. The summed E-state index contributed by atoms with van der Waals surface area (Å²) in [5.74, 6) is 1.33. The predicted molar refractivity (Wildman–Crippen MR) is 124 cm³/mol. The number of pyridine rings is 1. The van der Waals surface area contributed by atoms with Crippen LogP contribution < -0.4 is 4.90 Å². The maximum absolute atomic E-state index is 9.53. The van der Waals surface area contributed by atoms with Crippen molar-refractivity contribution in [2.24, 2.45) is 5.92 Å². The molecule has 2 unspecified atom stereocenters. The van der Waals surface area contributed by atoms with Gasteiger partial charge in [-0.1, -0.05) is 0 Å². The van der Waals surface area contributed by atoms with E-state index in [0.29, 0.717) is 12.3 Å². The zero-order valence-corrected chi connectivity index (χ0v) is 18.0. The zero-order valence-electron chi connectivity index (χ0n) is 17.2. The van der Waals surface area contributed by atoms with Crippen LogP contribution in [0.25, 0.3) is 32.5 Å². The molecule has 0 aliphatic carbocycles. The fourth-order valence-electron chi connectivity index (χ4n) is 4.63. The minimum Gasteiger partial charge on any atom is -0.356 e. The lowest BCUT2D eigenvalue weighted by Crippen LogP contribution is -2.25. The van der Waals surface area contributed by atoms with E-state index in [-0.39, 0.29) is 6.04 Å². The van der Waals surface area contributed by atoms with E-state index in [1.807, 2.05) is 29.3 Å². The van der Waals surface area contributed by atoms with Crippen molar-refractivity contribution in [2.45, 2.75) is 18.9 Å². The molecule has 0 amide bonds.